The van der Waals surface area contributed by atoms with Crippen LogP contribution < -0.4 is 5.73 Å². The van der Waals surface area contributed by atoms with E-state index in [4.69, 9.17) is 5.73 Å². The number of amides is 1. The predicted molar refractivity (Wildman–Crippen MR) is 64.7 cm³/mol. The van der Waals surface area contributed by atoms with E-state index in [0.29, 0.717) is 12.6 Å². The summed E-state index contributed by atoms with van der Waals surface area (Å²) >= 11 is 0. The molecule has 2 N–H and O–H groups in total. The molecule has 3 heteroatoms. The first-order valence-corrected chi connectivity index (χ1v) is 6.27. The molecule has 0 spiro atoms. The molecule has 2 aliphatic rings. The molecule has 1 saturated carbocycles. The van der Waals surface area contributed by atoms with Crippen LogP contribution in [-0.4, -0.2) is 29.9 Å². The molecule has 0 aromatic rings. The third kappa shape index (κ3) is 2.46. The number of hydrogen-bond donors (Lipinski definition) is 1. The molecule has 2 rings (SSSR count). The van der Waals surface area contributed by atoms with E-state index in [1.165, 1.54) is 12.8 Å². The van der Waals surface area contributed by atoms with Gasteiger partial charge in [-0.1, -0.05) is 12.2 Å². The average molecular weight is 222 g/mol. The van der Waals surface area contributed by atoms with Crippen molar-refractivity contribution >= 4 is 5.91 Å². The average Bonchev–Trinajstić information content (AvgIpc) is 2.77. The normalized spacial score (nSPS) is 31.9. The van der Waals surface area contributed by atoms with Gasteiger partial charge < -0.3 is 5.73 Å². The molecule has 0 saturated heterocycles. The van der Waals surface area contributed by atoms with Crippen molar-refractivity contribution in [1.29, 1.82) is 0 Å². The van der Waals surface area contributed by atoms with Gasteiger partial charge in [0, 0.05) is 12.6 Å². The molecular weight excluding hydrogens is 200 g/mol. The third-order valence-electron chi connectivity index (χ3n) is 3.97. The van der Waals surface area contributed by atoms with Gasteiger partial charge in [0.1, 0.15) is 0 Å². The predicted octanol–water partition coefficient (Wildman–Crippen LogP) is 1.39. The van der Waals surface area contributed by atoms with E-state index >= 15 is 0 Å². The Morgan fingerprint density at radius 3 is 2.62 bits per heavy atom. The maximum atomic E-state index is 11.0. The summed E-state index contributed by atoms with van der Waals surface area (Å²) in [6, 6.07) is 0.399. The molecule has 0 aromatic heterocycles. The summed E-state index contributed by atoms with van der Waals surface area (Å²) in [6.07, 6.45) is 7.34. The molecule has 0 aromatic carbocycles. The van der Waals surface area contributed by atoms with Gasteiger partial charge in [-0.3, -0.25) is 9.69 Å². The van der Waals surface area contributed by atoms with Gasteiger partial charge in [-0.15, -0.1) is 0 Å². The Balaban J connectivity index is 1.91. The maximum absolute atomic E-state index is 11.0. The molecule has 0 unspecified atom stereocenters. The first-order valence-electron chi connectivity index (χ1n) is 6.27. The third-order valence-corrected chi connectivity index (χ3v) is 3.97. The van der Waals surface area contributed by atoms with Crippen LogP contribution in [-0.2, 0) is 4.79 Å². The second-order valence-corrected chi connectivity index (χ2v) is 5.53. The molecule has 3 atom stereocenters. The summed E-state index contributed by atoms with van der Waals surface area (Å²) in [7, 11) is 0. The van der Waals surface area contributed by atoms with E-state index < -0.39 is 0 Å². The van der Waals surface area contributed by atoms with Crippen LogP contribution in [0.2, 0.25) is 0 Å². The summed E-state index contributed by atoms with van der Waals surface area (Å²) in [4.78, 5) is 13.2. The highest BCUT2D eigenvalue weighted by molar-refractivity contribution is 5.75. The number of nitrogens with zero attached hydrogens (tertiary/aromatic N) is 1. The van der Waals surface area contributed by atoms with Gasteiger partial charge in [-0.05, 0) is 44.4 Å². The fraction of sp³-hybridized carbons (Fsp3) is 0.769. The minimum atomic E-state index is -0.215. The van der Waals surface area contributed by atoms with Crippen molar-refractivity contribution in [2.45, 2.75) is 32.7 Å². The quantitative estimate of drug-likeness (QED) is 0.715. The smallest absolute Gasteiger partial charge is 0.231 e. The van der Waals surface area contributed by atoms with Crippen molar-refractivity contribution in [1.82, 2.24) is 4.90 Å². The van der Waals surface area contributed by atoms with Gasteiger partial charge in [-0.25, -0.2) is 0 Å². The molecule has 3 nitrogen and oxygen atoms in total. The highest BCUT2D eigenvalue weighted by Crippen LogP contribution is 2.43. The summed E-state index contributed by atoms with van der Waals surface area (Å²) in [5.74, 6) is 2.07. The van der Waals surface area contributed by atoms with Gasteiger partial charge >= 0.3 is 0 Å². The standard InChI is InChI=1S/C13H22N2O/c1-9(2)15(8-13(14)16)7-12-6-10-3-4-11(12)5-10/h3-4,9-12H,5-8H2,1-2H3,(H2,14,16)/t10-,11-,12+/m0/s1. The summed E-state index contributed by atoms with van der Waals surface area (Å²) in [6.45, 7) is 5.68. The SMILES string of the molecule is CC(C)N(CC(N)=O)C[C@H]1C[C@H]2C=C[C@H]1C2. The Kier molecular flexibility index (Phi) is 3.33. The molecule has 1 amide bonds. The topological polar surface area (TPSA) is 46.3 Å². The van der Waals surface area contributed by atoms with Gasteiger partial charge in [0.25, 0.3) is 0 Å². The van der Waals surface area contributed by atoms with Gasteiger partial charge in [-0.2, -0.15) is 0 Å². The number of carbonyl (C=O) groups is 1. The molecule has 2 aliphatic carbocycles. The van der Waals surface area contributed by atoms with Crippen LogP contribution in [0, 0.1) is 17.8 Å². The van der Waals surface area contributed by atoms with E-state index in [1.54, 1.807) is 0 Å². The summed E-state index contributed by atoms with van der Waals surface area (Å²) in [5.41, 5.74) is 5.29. The van der Waals surface area contributed by atoms with E-state index in [-0.39, 0.29) is 5.91 Å². The molecule has 16 heavy (non-hydrogen) atoms. The van der Waals surface area contributed by atoms with Crippen molar-refractivity contribution in [2.24, 2.45) is 23.5 Å². The molecule has 1 fully saturated rings. The Labute approximate surface area is 97.7 Å². The Hall–Kier alpha value is -0.830. The Morgan fingerprint density at radius 2 is 2.19 bits per heavy atom. The zero-order valence-corrected chi connectivity index (χ0v) is 10.2. The van der Waals surface area contributed by atoms with Crippen LogP contribution in [0.1, 0.15) is 26.7 Å². The molecule has 0 radical (unpaired) electrons. The maximum Gasteiger partial charge on any atom is 0.231 e. The number of hydrogen-bond acceptors (Lipinski definition) is 2. The van der Waals surface area contributed by atoms with Crippen LogP contribution in [0.5, 0.6) is 0 Å². The molecule has 0 aliphatic heterocycles. The van der Waals surface area contributed by atoms with E-state index in [0.717, 1.165) is 24.3 Å². The van der Waals surface area contributed by atoms with Crippen molar-refractivity contribution in [3.8, 4) is 0 Å². The van der Waals surface area contributed by atoms with Gasteiger partial charge in [0.05, 0.1) is 6.54 Å². The van der Waals surface area contributed by atoms with Crippen LogP contribution in [0.15, 0.2) is 12.2 Å². The number of allylic oxidation sites excluding steroid dienone is 2. The lowest BCUT2D eigenvalue weighted by molar-refractivity contribution is -0.119. The highest BCUT2D eigenvalue weighted by atomic mass is 16.1. The van der Waals surface area contributed by atoms with Crippen LogP contribution >= 0.6 is 0 Å². The van der Waals surface area contributed by atoms with Crippen LogP contribution in [0.25, 0.3) is 0 Å². The lowest BCUT2D eigenvalue weighted by Gasteiger charge is -2.30. The number of nitrogens with two attached hydrogens (primary N) is 1. The fourth-order valence-corrected chi connectivity index (χ4v) is 3.06. The second-order valence-electron chi connectivity index (χ2n) is 5.53. The fourth-order valence-electron chi connectivity index (χ4n) is 3.06. The van der Waals surface area contributed by atoms with Crippen molar-refractivity contribution < 1.29 is 4.79 Å². The number of rotatable bonds is 5. The first-order chi connectivity index (χ1) is 7.56. The van der Waals surface area contributed by atoms with Crippen molar-refractivity contribution in [3.63, 3.8) is 0 Å². The van der Waals surface area contributed by atoms with E-state index in [9.17, 15) is 4.79 Å². The van der Waals surface area contributed by atoms with Gasteiger partial charge in [0.15, 0.2) is 0 Å². The van der Waals surface area contributed by atoms with Crippen molar-refractivity contribution in [3.05, 3.63) is 12.2 Å². The lowest BCUT2D eigenvalue weighted by Crippen LogP contribution is -2.42. The largest absolute Gasteiger partial charge is 0.369 e. The number of primary amides is 1. The monoisotopic (exact) mass is 222 g/mol. The lowest BCUT2D eigenvalue weighted by atomic mass is 9.92. The van der Waals surface area contributed by atoms with E-state index in [2.05, 4.69) is 30.9 Å². The number of fused-ring (bicyclic) bond motifs is 2. The molecule has 2 bridgehead atoms. The second kappa shape index (κ2) is 4.58. The van der Waals surface area contributed by atoms with E-state index in [1.807, 2.05) is 0 Å². The molecule has 0 heterocycles. The van der Waals surface area contributed by atoms with Crippen LogP contribution in [0.3, 0.4) is 0 Å². The minimum absolute atomic E-state index is 0.215. The van der Waals surface area contributed by atoms with Gasteiger partial charge in [0.2, 0.25) is 5.91 Å². The Morgan fingerprint density at radius 1 is 1.44 bits per heavy atom. The minimum Gasteiger partial charge on any atom is -0.369 e. The summed E-state index contributed by atoms with van der Waals surface area (Å²) < 4.78 is 0. The first kappa shape index (κ1) is 11.6. The van der Waals surface area contributed by atoms with Crippen molar-refractivity contribution in [2.75, 3.05) is 13.1 Å². The zero-order valence-electron chi connectivity index (χ0n) is 10.2. The zero-order chi connectivity index (χ0) is 11.7. The summed E-state index contributed by atoms with van der Waals surface area (Å²) in [5, 5.41) is 0. The molecular formula is C13H22N2O. The van der Waals surface area contributed by atoms with Crippen LogP contribution in [0.4, 0.5) is 0 Å². The Bertz CT molecular complexity index is 298. The molecule has 90 valence electrons. The number of carbonyl (C=O) groups excluding carboxylic acids is 1. The highest BCUT2D eigenvalue weighted by Gasteiger charge is 2.36.